The van der Waals surface area contributed by atoms with Gasteiger partial charge in [-0.1, -0.05) is 6.07 Å². The first kappa shape index (κ1) is 15.6. The van der Waals surface area contributed by atoms with Crippen LogP contribution in [0, 0.1) is 6.92 Å². The Kier molecular flexibility index (Phi) is 3.64. The number of hydrogen-bond donors (Lipinski definition) is 0. The maximum absolute atomic E-state index is 12.8. The van der Waals surface area contributed by atoms with E-state index in [1.54, 1.807) is 22.9 Å². The number of rotatable bonds is 3. The first-order valence-electron chi connectivity index (χ1n) is 8.29. The number of hydrogen-bond acceptors (Lipinski definition) is 4. The van der Waals surface area contributed by atoms with Gasteiger partial charge in [0.25, 0.3) is 5.56 Å². The van der Waals surface area contributed by atoms with Gasteiger partial charge in [0, 0.05) is 24.2 Å². The quantitative estimate of drug-likeness (QED) is 0.689. The highest BCUT2D eigenvalue weighted by Gasteiger charge is 2.29. The molecule has 5 heteroatoms. The van der Waals surface area contributed by atoms with Crippen molar-refractivity contribution in [3.8, 4) is 11.1 Å². The van der Waals surface area contributed by atoms with Crippen LogP contribution in [0.3, 0.4) is 0 Å². The highest BCUT2D eigenvalue weighted by molar-refractivity contribution is 5.90. The van der Waals surface area contributed by atoms with Crippen molar-refractivity contribution in [2.45, 2.75) is 25.7 Å². The normalized spacial score (nSPS) is 13.8. The van der Waals surface area contributed by atoms with Gasteiger partial charge in [0.05, 0.1) is 12.6 Å². The maximum atomic E-state index is 12.8. The first-order chi connectivity index (χ1) is 12.1. The minimum absolute atomic E-state index is 0.0930. The van der Waals surface area contributed by atoms with Crippen LogP contribution in [0.2, 0.25) is 0 Å². The summed E-state index contributed by atoms with van der Waals surface area (Å²) in [5, 5.41) is 0. The fourth-order valence-electron chi connectivity index (χ4n) is 3.39. The third kappa shape index (κ3) is 2.52. The molecule has 126 valence electrons. The Morgan fingerprint density at radius 1 is 1.32 bits per heavy atom. The van der Waals surface area contributed by atoms with Crippen molar-refractivity contribution in [3.63, 3.8) is 0 Å². The van der Waals surface area contributed by atoms with Gasteiger partial charge < -0.3 is 4.74 Å². The van der Waals surface area contributed by atoms with Crippen molar-refractivity contribution in [1.29, 1.82) is 0 Å². The zero-order chi connectivity index (χ0) is 17.6. The van der Waals surface area contributed by atoms with Crippen molar-refractivity contribution in [1.82, 2.24) is 9.38 Å². The van der Waals surface area contributed by atoms with Crippen LogP contribution in [0.25, 0.3) is 16.6 Å². The summed E-state index contributed by atoms with van der Waals surface area (Å²) >= 11 is 0. The van der Waals surface area contributed by atoms with Crippen LogP contribution < -0.4 is 5.56 Å². The molecule has 3 aromatic rings. The molecule has 0 radical (unpaired) electrons. The van der Waals surface area contributed by atoms with Crippen LogP contribution in [-0.2, 0) is 4.74 Å². The molecule has 3 aromatic heterocycles. The first-order valence-corrected chi connectivity index (χ1v) is 8.29. The second-order valence-corrected chi connectivity index (χ2v) is 6.40. The van der Waals surface area contributed by atoms with E-state index in [4.69, 9.17) is 4.74 Å². The molecule has 4 rings (SSSR count). The molecule has 0 aliphatic heterocycles. The molecule has 0 bridgehead atoms. The lowest BCUT2D eigenvalue weighted by Gasteiger charge is -2.15. The molecule has 1 aliphatic carbocycles. The predicted octanol–water partition coefficient (Wildman–Crippen LogP) is 3.33. The molecule has 1 saturated carbocycles. The van der Waals surface area contributed by atoms with Gasteiger partial charge in [-0.2, -0.15) is 0 Å². The van der Waals surface area contributed by atoms with Crippen molar-refractivity contribution in [2.75, 3.05) is 7.11 Å². The summed E-state index contributed by atoms with van der Waals surface area (Å²) in [6, 6.07) is 7.52. The maximum Gasteiger partial charge on any atom is 0.343 e. The third-order valence-corrected chi connectivity index (χ3v) is 4.81. The number of pyridine rings is 3. The average molecular weight is 334 g/mol. The van der Waals surface area contributed by atoms with Gasteiger partial charge in [0.2, 0.25) is 0 Å². The monoisotopic (exact) mass is 334 g/mol. The number of nitrogens with zero attached hydrogens (tertiary/aromatic N) is 2. The second kappa shape index (κ2) is 5.84. The third-order valence-electron chi connectivity index (χ3n) is 4.81. The Morgan fingerprint density at radius 3 is 2.76 bits per heavy atom. The number of aryl methyl sites for hydroxylation is 1. The lowest BCUT2D eigenvalue weighted by Crippen LogP contribution is -2.24. The summed E-state index contributed by atoms with van der Waals surface area (Å²) in [6.07, 6.45) is 7.45. The molecule has 0 spiro atoms. The fraction of sp³-hybridized carbons (Fsp3) is 0.250. The summed E-state index contributed by atoms with van der Waals surface area (Å²) in [7, 11) is 1.30. The van der Waals surface area contributed by atoms with E-state index in [0.717, 1.165) is 40.6 Å². The number of aromatic nitrogens is 2. The lowest BCUT2D eigenvalue weighted by atomic mass is 9.97. The molecule has 0 aromatic carbocycles. The van der Waals surface area contributed by atoms with Gasteiger partial charge >= 0.3 is 5.97 Å². The van der Waals surface area contributed by atoms with E-state index in [2.05, 4.69) is 4.98 Å². The smallest absolute Gasteiger partial charge is 0.343 e. The average Bonchev–Trinajstić information content (AvgIpc) is 3.48. The summed E-state index contributed by atoms with van der Waals surface area (Å²) in [4.78, 5) is 29.0. The van der Waals surface area contributed by atoms with Gasteiger partial charge in [0.15, 0.2) is 0 Å². The Bertz CT molecular complexity index is 1030. The highest BCUT2D eigenvalue weighted by Crippen LogP contribution is 2.43. The molecule has 0 amide bonds. The van der Waals surface area contributed by atoms with E-state index in [0.29, 0.717) is 5.92 Å². The second-order valence-electron chi connectivity index (χ2n) is 6.40. The number of ether oxygens (including phenoxy) is 1. The molecular formula is C20H18N2O3. The van der Waals surface area contributed by atoms with Crippen LogP contribution in [0.5, 0.6) is 0 Å². The van der Waals surface area contributed by atoms with Gasteiger partial charge in [-0.05, 0) is 60.6 Å². The largest absolute Gasteiger partial charge is 0.465 e. The van der Waals surface area contributed by atoms with Gasteiger partial charge in [-0.15, -0.1) is 0 Å². The van der Waals surface area contributed by atoms with Gasteiger partial charge in [-0.25, -0.2) is 4.79 Å². The van der Waals surface area contributed by atoms with Crippen molar-refractivity contribution in [3.05, 3.63) is 69.9 Å². The number of carbonyl (C=O) groups is 1. The van der Waals surface area contributed by atoms with Crippen LogP contribution in [0.15, 0.2) is 47.7 Å². The van der Waals surface area contributed by atoms with E-state index >= 15 is 0 Å². The molecule has 0 N–H and O–H groups in total. The standard InChI is InChI=1S/C20H18N2O3/c1-12-15(14-4-3-8-21-11-14)7-9-22-18(12)16(13-5-6-13)10-17(19(22)23)20(24)25-2/h3-4,7-11,13H,5-6H2,1-2H3. The van der Waals surface area contributed by atoms with E-state index in [1.165, 1.54) is 7.11 Å². The van der Waals surface area contributed by atoms with Gasteiger partial charge in [-0.3, -0.25) is 14.2 Å². The minimum Gasteiger partial charge on any atom is -0.465 e. The number of esters is 1. The Balaban J connectivity index is 2.05. The number of carbonyl (C=O) groups excluding carboxylic acids is 1. The van der Waals surface area contributed by atoms with Crippen LogP contribution >= 0.6 is 0 Å². The molecule has 5 nitrogen and oxygen atoms in total. The molecule has 0 unspecified atom stereocenters. The Morgan fingerprint density at radius 2 is 2.12 bits per heavy atom. The fourth-order valence-corrected chi connectivity index (χ4v) is 3.39. The summed E-state index contributed by atoms with van der Waals surface area (Å²) in [5.74, 6) is -0.197. The molecule has 25 heavy (non-hydrogen) atoms. The SMILES string of the molecule is COC(=O)c1cc(C2CC2)c2c(C)c(-c3cccnc3)ccn2c1=O. The van der Waals surface area contributed by atoms with E-state index in [-0.39, 0.29) is 11.1 Å². The van der Waals surface area contributed by atoms with Crippen LogP contribution in [0.1, 0.15) is 40.2 Å². The van der Waals surface area contributed by atoms with Crippen LogP contribution in [-0.4, -0.2) is 22.5 Å². The number of methoxy groups -OCH3 is 1. The molecule has 3 heterocycles. The zero-order valence-electron chi connectivity index (χ0n) is 14.2. The topological polar surface area (TPSA) is 60.7 Å². The number of fused-ring (bicyclic) bond motifs is 1. The van der Waals surface area contributed by atoms with E-state index < -0.39 is 5.97 Å². The molecular weight excluding hydrogens is 316 g/mol. The Hall–Kier alpha value is -2.95. The molecule has 0 atom stereocenters. The van der Waals surface area contributed by atoms with Crippen molar-refractivity contribution < 1.29 is 9.53 Å². The predicted molar refractivity (Wildman–Crippen MR) is 94.9 cm³/mol. The lowest BCUT2D eigenvalue weighted by molar-refractivity contribution is 0.0598. The molecule has 1 fully saturated rings. The Labute approximate surface area is 144 Å². The van der Waals surface area contributed by atoms with Gasteiger partial charge in [0.1, 0.15) is 5.56 Å². The van der Waals surface area contributed by atoms with E-state index in [1.807, 2.05) is 31.3 Å². The summed E-state index contributed by atoms with van der Waals surface area (Å²) < 4.78 is 6.36. The van der Waals surface area contributed by atoms with Crippen LogP contribution in [0.4, 0.5) is 0 Å². The highest BCUT2D eigenvalue weighted by atomic mass is 16.5. The summed E-state index contributed by atoms with van der Waals surface area (Å²) in [5.41, 5.74) is 4.76. The zero-order valence-corrected chi connectivity index (χ0v) is 14.2. The molecule has 1 aliphatic rings. The minimum atomic E-state index is -0.588. The summed E-state index contributed by atoms with van der Waals surface area (Å²) in [6.45, 7) is 2.01. The van der Waals surface area contributed by atoms with E-state index in [9.17, 15) is 9.59 Å². The molecule has 0 saturated heterocycles. The van der Waals surface area contributed by atoms with Crippen molar-refractivity contribution in [2.24, 2.45) is 0 Å². The van der Waals surface area contributed by atoms with Crippen molar-refractivity contribution >= 4 is 11.5 Å².